The number of fused-ring (bicyclic) bond motifs is 1. The van der Waals surface area contributed by atoms with Crippen molar-refractivity contribution in [2.45, 2.75) is 6.54 Å². The van der Waals surface area contributed by atoms with Crippen LogP contribution in [-0.4, -0.2) is 50.1 Å². The Balaban J connectivity index is 2.17. The van der Waals surface area contributed by atoms with E-state index >= 15 is 0 Å². The van der Waals surface area contributed by atoms with Crippen LogP contribution in [0.1, 0.15) is 0 Å². The number of nitrogens with one attached hydrogen (secondary N) is 2. The minimum Gasteiger partial charge on any atom is -0.480 e. The molecule has 100 valence electrons. The van der Waals surface area contributed by atoms with Crippen LogP contribution in [0.15, 0.2) is 12.7 Å². The van der Waals surface area contributed by atoms with E-state index in [4.69, 9.17) is 5.11 Å². The lowest BCUT2D eigenvalue weighted by molar-refractivity contribution is -0.138. The topological polar surface area (TPSA) is 122 Å². The SMILES string of the molecule is CNc1ncnc2c1ncn2CC(=O)NCC(=O)O. The molecule has 0 atom stereocenters. The molecule has 0 aliphatic carbocycles. The second kappa shape index (κ2) is 5.29. The zero-order chi connectivity index (χ0) is 13.8. The van der Waals surface area contributed by atoms with E-state index < -0.39 is 18.4 Å². The molecule has 0 radical (unpaired) electrons. The van der Waals surface area contributed by atoms with E-state index in [0.717, 1.165) is 0 Å². The van der Waals surface area contributed by atoms with Gasteiger partial charge >= 0.3 is 5.97 Å². The first-order valence-corrected chi connectivity index (χ1v) is 5.44. The number of carboxylic acid groups (broad SMARTS) is 1. The van der Waals surface area contributed by atoms with Gasteiger partial charge in [-0.25, -0.2) is 15.0 Å². The normalized spacial score (nSPS) is 10.4. The number of aromatic nitrogens is 4. The number of carbonyl (C=O) groups excluding carboxylic acids is 1. The monoisotopic (exact) mass is 264 g/mol. The molecule has 2 aromatic rings. The average Bonchev–Trinajstić information content (AvgIpc) is 2.79. The van der Waals surface area contributed by atoms with Crippen LogP contribution in [0.4, 0.5) is 5.82 Å². The predicted octanol–water partition coefficient (Wildman–Crippen LogP) is -0.931. The summed E-state index contributed by atoms with van der Waals surface area (Å²) in [6.45, 7) is -0.466. The van der Waals surface area contributed by atoms with Crippen molar-refractivity contribution in [2.24, 2.45) is 0 Å². The Hall–Kier alpha value is -2.71. The van der Waals surface area contributed by atoms with Crippen LogP contribution in [0.2, 0.25) is 0 Å². The number of imidazole rings is 1. The zero-order valence-corrected chi connectivity index (χ0v) is 10.1. The van der Waals surface area contributed by atoms with Crippen molar-refractivity contribution < 1.29 is 14.7 Å². The molecule has 0 fully saturated rings. The number of hydrogen-bond acceptors (Lipinski definition) is 6. The molecule has 0 bridgehead atoms. The molecule has 0 aromatic carbocycles. The first kappa shape index (κ1) is 12.7. The van der Waals surface area contributed by atoms with Gasteiger partial charge in [0.25, 0.3) is 0 Å². The molecule has 9 heteroatoms. The zero-order valence-electron chi connectivity index (χ0n) is 10.1. The summed E-state index contributed by atoms with van der Waals surface area (Å²) in [5.74, 6) is -0.954. The highest BCUT2D eigenvalue weighted by molar-refractivity contribution is 5.85. The highest BCUT2D eigenvalue weighted by atomic mass is 16.4. The molecule has 3 N–H and O–H groups in total. The molecule has 19 heavy (non-hydrogen) atoms. The largest absolute Gasteiger partial charge is 0.480 e. The molecule has 0 aliphatic heterocycles. The van der Waals surface area contributed by atoms with Crippen LogP contribution < -0.4 is 10.6 Å². The van der Waals surface area contributed by atoms with Crippen molar-refractivity contribution in [3.63, 3.8) is 0 Å². The van der Waals surface area contributed by atoms with E-state index in [1.807, 2.05) is 0 Å². The van der Waals surface area contributed by atoms with Crippen LogP contribution in [0.25, 0.3) is 11.2 Å². The maximum atomic E-state index is 11.5. The maximum absolute atomic E-state index is 11.5. The van der Waals surface area contributed by atoms with Gasteiger partial charge in [-0.15, -0.1) is 0 Å². The summed E-state index contributed by atoms with van der Waals surface area (Å²) < 4.78 is 1.52. The van der Waals surface area contributed by atoms with Gasteiger partial charge in [-0.3, -0.25) is 9.59 Å². The summed E-state index contributed by atoms with van der Waals surface area (Å²) in [5, 5.41) is 13.6. The van der Waals surface area contributed by atoms with Gasteiger partial charge in [0.05, 0.1) is 6.33 Å². The lowest BCUT2D eigenvalue weighted by Crippen LogP contribution is -2.32. The average molecular weight is 264 g/mol. The van der Waals surface area contributed by atoms with Crippen LogP contribution in [0.5, 0.6) is 0 Å². The number of aliphatic carboxylic acids is 1. The minimum absolute atomic E-state index is 0.0516. The van der Waals surface area contributed by atoms with Gasteiger partial charge in [0.1, 0.15) is 24.9 Å². The first-order valence-electron chi connectivity index (χ1n) is 5.44. The quantitative estimate of drug-likeness (QED) is 0.637. The molecule has 0 spiro atoms. The molecule has 0 saturated heterocycles. The third-order valence-corrected chi connectivity index (χ3v) is 2.39. The number of rotatable bonds is 5. The van der Waals surface area contributed by atoms with E-state index in [-0.39, 0.29) is 6.54 Å². The lowest BCUT2D eigenvalue weighted by Gasteiger charge is -2.04. The molecule has 1 amide bonds. The van der Waals surface area contributed by atoms with Crippen molar-refractivity contribution >= 4 is 28.9 Å². The summed E-state index contributed by atoms with van der Waals surface area (Å²) in [6.07, 6.45) is 2.82. The highest BCUT2D eigenvalue weighted by Gasteiger charge is 2.11. The fourth-order valence-corrected chi connectivity index (χ4v) is 1.56. The summed E-state index contributed by atoms with van der Waals surface area (Å²) in [7, 11) is 1.71. The van der Waals surface area contributed by atoms with Crippen molar-refractivity contribution in [1.29, 1.82) is 0 Å². The van der Waals surface area contributed by atoms with Gasteiger partial charge in [-0.05, 0) is 0 Å². The van der Waals surface area contributed by atoms with E-state index in [9.17, 15) is 9.59 Å². The molecule has 0 aliphatic rings. The van der Waals surface area contributed by atoms with Crippen LogP contribution in [-0.2, 0) is 16.1 Å². The summed E-state index contributed by atoms with van der Waals surface area (Å²) in [4.78, 5) is 34.0. The number of anilines is 1. The number of amides is 1. The second-order valence-electron chi connectivity index (χ2n) is 3.69. The molecule has 2 rings (SSSR count). The van der Waals surface area contributed by atoms with Gasteiger partial charge in [0.2, 0.25) is 5.91 Å². The lowest BCUT2D eigenvalue weighted by atomic mass is 10.4. The van der Waals surface area contributed by atoms with Gasteiger partial charge in [-0.1, -0.05) is 0 Å². The number of nitrogens with zero attached hydrogens (tertiary/aromatic N) is 4. The van der Waals surface area contributed by atoms with E-state index in [2.05, 4.69) is 25.6 Å². The molecule has 9 nitrogen and oxygen atoms in total. The van der Waals surface area contributed by atoms with Crippen molar-refractivity contribution in [3.05, 3.63) is 12.7 Å². The number of hydrogen-bond donors (Lipinski definition) is 3. The Bertz CT molecular complexity index is 623. The summed E-state index contributed by atoms with van der Waals surface area (Å²) in [6, 6.07) is 0. The maximum Gasteiger partial charge on any atom is 0.322 e. The van der Waals surface area contributed by atoms with E-state index in [1.54, 1.807) is 7.05 Å². The summed E-state index contributed by atoms with van der Waals surface area (Å²) in [5.41, 5.74) is 1.06. The third kappa shape index (κ3) is 2.76. The van der Waals surface area contributed by atoms with Gasteiger partial charge in [0, 0.05) is 7.05 Å². The van der Waals surface area contributed by atoms with Crippen molar-refractivity contribution in [1.82, 2.24) is 24.8 Å². The summed E-state index contributed by atoms with van der Waals surface area (Å²) >= 11 is 0. The number of carboxylic acids is 1. The molecule has 0 saturated carbocycles. The Morgan fingerprint density at radius 3 is 2.84 bits per heavy atom. The smallest absolute Gasteiger partial charge is 0.322 e. The van der Waals surface area contributed by atoms with Crippen LogP contribution >= 0.6 is 0 Å². The Labute approximate surface area is 107 Å². The molecular formula is C10H12N6O3. The van der Waals surface area contributed by atoms with Crippen LogP contribution in [0, 0.1) is 0 Å². The minimum atomic E-state index is -1.09. The van der Waals surface area contributed by atoms with Gasteiger partial charge < -0.3 is 20.3 Å². The Morgan fingerprint density at radius 2 is 2.16 bits per heavy atom. The van der Waals surface area contributed by atoms with Crippen LogP contribution in [0.3, 0.4) is 0 Å². The molecular weight excluding hydrogens is 252 g/mol. The standard InChI is InChI=1S/C10H12N6O3/c1-11-9-8-10(14-4-13-9)16(5-15-8)3-6(17)12-2-7(18)19/h4-5H,2-3H2,1H3,(H,12,17)(H,18,19)(H,11,13,14). The number of carbonyl (C=O) groups is 2. The molecule has 2 heterocycles. The second-order valence-corrected chi connectivity index (χ2v) is 3.69. The fraction of sp³-hybridized carbons (Fsp3) is 0.300. The van der Waals surface area contributed by atoms with Gasteiger partial charge in [-0.2, -0.15) is 0 Å². The first-order chi connectivity index (χ1) is 9.11. The Kier molecular flexibility index (Phi) is 3.55. The Morgan fingerprint density at radius 1 is 1.37 bits per heavy atom. The molecule has 2 aromatic heterocycles. The van der Waals surface area contributed by atoms with E-state index in [0.29, 0.717) is 17.0 Å². The predicted molar refractivity (Wildman–Crippen MR) is 65.5 cm³/mol. The van der Waals surface area contributed by atoms with Gasteiger partial charge in [0.15, 0.2) is 11.5 Å². The highest BCUT2D eigenvalue weighted by Crippen LogP contribution is 2.16. The van der Waals surface area contributed by atoms with E-state index in [1.165, 1.54) is 17.2 Å². The third-order valence-electron chi connectivity index (χ3n) is 2.39. The van der Waals surface area contributed by atoms with Crippen molar-refractivity contribution in [3.8, 4) is 0 Å². The van der Waals surface area contributed by atoms with Crippen molar-refractivity contribution in [2.75, 3.05) is 18.9 Å². The molecule has 0 unspecified atom stereocenters. The fourth-order valence-electron chi connectivity index (χ4n) is 1.56.